The molecule has 1 heterocycles. The number of thiophene rings is 1. The van der Waals surface area contributed by atoms with E-state index in [9.17, 15) is 13.2 Å². The lowest BCUT2D eigenvalue weighted by Gasteiger charge is -2.22. The molecule has 0 fully saturated rings. The number of hydrogen-bond donors (Lipinski definition) is 1. The number of halogens is 4. The fourth-order valence-corrected chi connectivity index (χ4v) is 2.98. The molecule has 0 radical (unpaired) electrons. The second kappa shape index (κ2) is 6.88. The molecule has 0 saturated heterocycles. The van der Waals surface area contributed by atoms with Gasteiger partial charge in [0.2, 0.25) is 0 Å². The first-order valence-corrected chi connectivity index (χ1v) is 7.18. The van der Waals surface area contributed by atoms with Gasteiger partial charge < -0.3 is 10.5 Å². The van der Waals surface area contributed by atoms with Gasteiger partial charge in [-0.1, -0.05) is 6.92 Å². The minimum Gasteiger partial charge on any atom is -0.371 e. The van der Waals surface area contributed by atoms with E-state index in [-0.39, 0.29) is 12.6 Å². The van der Waals surface area contributed by atoms with E-state index >= 15 is 0 Å². The summed E-state index contributed by atoms with van der Waals surface area (Å²) in [4.78, 5) is 0.846. The fourth-order valence-electron chi connectivity index (χ4n) is 1.41. The van der Waals surface area contributed by atoms with Crippen molar-refractivity contribution in [2.45, 2.75) is 38.1 Å². The first kappa shape index (κ1) is 15.9. The van der Waals surface area contributed by atoms with E-state index in [2.05, 4.69) is 15.9 Å². The molecule has 18 heavy (non-hydrogen) atoms. The minimum atomic E-state index is -4.20. The molecule has 2 N–H and O–H groups in total. The van der Waals surface area contributed by atoms with Crippen molar-refractivity contribution in [2.75, 3.05) is 6.61 Å². The van der Waals surface area contributed by atoms with Gasteiger partial charge in [-0.3, -0.25) is 0 Å². The molecule has 2 unspecified atom stereocenters. The van der Waals surface area contributed by atoms with E-state index in [1.807, 2.05) is 18.4 Å². The smallest absolute Gasteiger partial charge is 0.371 e. The van der Waals surface area contributed by atoms with Crippen LogP contribution in [0.3, 0.4) is 0 Å². The molecule has 1 aromatic heterocycles. The number of rotatable bonds is 6. The van der Waals surface area contributed by atoms with E-state index in [0.29, 0.717) is 6.42 Å². The molecular weight excluding hydrogens is 331 g/mol. The van der Waals surface area contributed by atoms with Crippen LogP contribution < -0.4 is 5.73 Å². The molecule has 1 aromatic rings. The minimum absolute atomic E-state index is 0.302. The van der Waals surface area contributed by atoms with Crippen molar-refractivity contribution >= 4 is 27.3 Å². The molecule has 0 aliphatic carbocycles. The predicted molar refractivity (Wildman–Crippen MR) is 69.7 cm³/mol. The van der Waals surface area contributed by atoms with Crippen molar-refractivity contribution in [3.05, 3.63) is 20.8 Å². The van der Waals surface area contributed by atoms with Gasteiger partial charge in [-0.25, -0.2) is 0 Å². The first-order chi connectivity index (χ1) is 8.33. The monoisotopic (exact) mass is 345 g/mol. The normalized spacial score (nSPS) is 15.7. The maximum absolute atomic E-state index is 12.1. The Hall–Kier alpha value is -0.110. The molecule has 104 valence electrons. The van der Waals surface area contributed by atoms with E-state index in [4.69, 9.17) is 10.5 Å². The molecule has 0 aliphatic rings. The van der Waals surface area contributed by atoms with Gasteiger partial charge in [0, 0.05) is 20.8 Å². The van der Waals surface area contributed by atoms with Gasteiger partial charge in [0.25, 0.3) is 0 Å². The number of nitrogens with two attached hydrogens (primary N) is 1. The van der Waals surface area contributed by atoms with Crippen molar-refractivity contribution in [2.24, 2.45) is 5.73 Å². The van der Waals surface area contributed by atoms with E-state index < -0.39 is 18.7 Å². The summed E-state index contributed by atoms with van der Waals surface area (Å²) in [6.45, 7) is 1.52. The number of hydrogen-bond acceptors (Lipinski definition) is 3. The van der Waals surface area contributed by atoms with Crippen molar-refractivity contribution < 1.29 is 17.9 Å². The Kier molecular flexibility index (Phi) is 6.10. The van der Waals surface area contributed by atoms with Crippen molar-refractivity contribution in [3.63, 3.8) is 0 Å². The van der Waals surface area contributed by atoms with Gasteiger partial charge in [0.05, 0.1) is 13.0 Å². The lowest BCUT2D eigenvalue weighted by molar-refractivity contribution is -0.150. The third-order valence-corrected chi connectivity index (χ3v) is 4.17. The van der Waals surface area contributed by atoms with Crippen molar-refractivity contribution in [1.29, 1.82) is 0 Å². The summed E-state index contributed by atoms with van der Waals surface area (Å²) < 4.78 is 42.4. The molecule has 7 heteroatoms. The molecule has 0 amide bonds. The van der Waals surface area contributed by atoms with E-state index in [1.165, 1.54) is 11.3 Å². The largest absolute Gasteiger partial charge is 0.391 e. The van der Waals surface area contributed by atoms with Gasteiger partial charge >= 0.3 is 6.18 Å². The number of alkyl halides is 3. The Labute approximate surface area is 116 Å². The standard InChI is InChI=1S/C11H15BrF3NOS/c1-2-8(16)10(9-5-7(12)6-18-9)17-4-3-11(13,14)15/h5-6,8,10H,2-4,16H2,1H3. The third-order valence-electron chi connectivity index (χ3n) is 2.41. The summed E-state index contributed by atoms with van der Waals surface area (Å²) in [5, 5.41) is 1.86. The summed E-state index contributed by atoms with van der Waals surface area (Å²) >= 11 is 4.73. The zero-order chi connectivity index (χ0) is 13.8. The lowest BCUT2D eigenvalue weighted by Crippen LogP contribution is -2.30. The summed E-state index contributed by atoms with van der Waals surface area (Å²) in [7, 11) is 0. The molecule has 0 saturated carbocycles. The van der Waals surface area contributed by atoms with Crippen LogP contribution in [0.1, 0.15) is 30.7 Å². The first-order valence-electron chi connectivity index (χ1n) is 5.51. The summed E-state index contributed by atoms with van der Waals surface area (Å²) in [5.74, 6) is 0. The van der Waals surface area contributed by atoms with E-state index in [1.54, 1.807) is 0 Å². The maximum atomic E-state index is 12.1. The molecule has 0 spiro atoms. The van der Waals surface area contributed by atoms with Gasteiger partial charge in [0.15, 0.2) is 0 Å². The Bertz CT molecular complexity index is 369. The quantitative estimate of drug-likeness (QED) is 0.835. The Morgan fingerprint density at radius 3 is 2.61 bits per heavy atom. The molecule has 0 bridgehead atoms. The van der Waals surface area contributed by atoms with E-state index in [0.717, 1.165) is 9.35 Å². The number of ether oxygens (including phenoxy) is 1. The molecule has 2 atom stereocenters. The molecule has 0 aliphatic heterocycles. The Balaban J connectivity index is 2.62. The highest BCUT2D eigenvalue weighted by molar-refractivity contribution is 9.10. The Morgan fingerprint density at radius 2 is 2.17 bits per heavy atom. The lowest BCUT2D eigenvalue weighted by atomic mass is 10.1. The third kappa shape index (κ3) is 5.26. The van der Waals surface area contributed by atoms with Gasteiger partial charge in [-0.15, -0.1) is 11.3 Å². The molecule has 0 aromatic carbocycles. The van der Waals surface area contributed by atoms with Crippen LogP contribution in [-0.4, -0.2) is 18.8 Å². The second-order valence-corrected chi connectivity index (χ2v) is 5.75. The van der Waals surface area contributed by atoms with Crippen LogP contribution in [0.5, 0.6) is 0 Å². The zero-order valence-electron chi connectivity index (χ0n) is 9.84. The van der Waals surface area contributed by atoms with Crippen molar-refractivity contribution in [1.82, 2.24) is 0 Å². The SMILES string of the molecule is CCC(N)C(OCCC(F)(F)F)c1cc(Br)cs1. The highest BCUT2D eigenvalue weighted by Gasteiger charge is 2.28. The maximum Gasteiger partial charge on any atom is 0.391 e. The highest BCUT2D eigenvalue weighted by Crippen LogP contribution is 2.31. The van der Waals surface area contributed by atoms with Crippen LogP contribution in [0, 0.1) is 0 Å². The predicted octanol–water partition coefficient (Wildman–Crippen LogP) is 4.26. The molecule has 1 rings (SSSR count). The average Bonchev–Trinajstić information content (AvgIpc) is 2.68. The average molecular weight is 346 g/mol. The van der Waals surface area contributed by atoms with Crippen LogP contribution >= 0.6 is 27.3 Å². The Morgan fingerprint density at radius 1 is 1.50 bits per heavy atom. The van der Waals surface area contributed by atoms with Crippen LogP contribution in [0.2, 0.25) is 0 Å². The van der Waals surface area contributed by atoms with Gasteiger partial charge in [-0.05, 0) is 28.4 Å². The van der Waals surface area contributed by atoms with Crippen LogP contribution in [0.25, 0.3) is 0 Å². The second-order valence-electron chi connectivity index (χ2n) is 3.90. The van der Waals surface area contributed by atoms with Crippen molar-refractivity contribution in [3.8, 4) is 0 Å². The van der Waals surface area contributed by atoms with Crippen LogP contribution in [-0.2, 0) is 4.74 Å². The van der Waals surface area contributed by atoms with Gasteiger partial charge in [-0.2, -0.15) is 13.2 Å². The topological polar surface area (TPSA) is 35.2 Å². The molecule has 2 nitrogen and oxygen atoms in total. The van der Waals surface area contributed by atoms with Gasteiger partial charge in [0.1, 0.15) is 6.10 Å². The fraction of sp³-hybridized carbons (Fsp3) is 0.636. The highest BCUT2D eigenvalue weighted by atomic mass is 79.9. The zero-order valence-corrected chi connectivity index (χ0v) is 12.2. The summed E-state index contributed by atoms with van der Waals surface area (Å²) in [6, 6.07) is 1.53. The summed E-state index contributed by atoms with van der Waals surface area (Å²) in [6.07, 6.45) is -4.98. The summed E-state index contributed by atoms with van der Waals surface area (Å²) in [5.41, 5.74) is 5.89. The molecular formula is C11H15BrF3NOS. The van der Waals surface area contributed by atoms with Crippen LogP contribution in [0.15, 0.2) is 15.9 Å². The van der Waals surface area contributed by atoms with Crippen LogP contribution in [0.4, 0.5) is 13.2 Å².